The molecule has 0 unspecified atom stereocenters. The lowest BCUT2D eigenvalue weighted by Crippen LogP contribution is -2.44. The molecule has 0 spiro atoms. The third-order valence-corrected chi connectivity index (χ3v) is 2.37. The van der Waals surface area contributed by atoms with E-state index in [1.807, 2.05) is 0 Å². The molecule has 7 heteroatoms. The fourth-order valence-corrected chi connectivity index (χ4v) is 1.21. The van der Waals surface area contributed by atoms with Crippen LogP contribution in [0.5, 0.6) is 0 Å². The average Bonchev–Trinajstić information content (AvgIpc) is 2.28. The minimum absolute atomic E-state index is 0.271. The maximum Gasteiger partial charge on any atom is 0.285 e. The van der Waals surface area contributed by atoms with Crippen molar-refractivity contribution in [2.75, 3.05) is 13.2 Å². The Bertz CT molecular complexity index is 449. The summed E-state index contributed by atoms with van der Waals surface area (Å²) in [6.45, 7) is 0.438. The molecule has 1 heterocycles. The number of pyridine rings is 1. The van der Waals surface area contributed by atoms with Crippen LogP contribution in [0.4, 0.5) is 5.69 Å². The quantitative estimate of drug-likeness (QED) is 0.531. The molecule has 0 aliphatic carbocycles. The van der Waals surface area contributed by atoms with E-state index < -0.39 is 29.2 Å². The highest BCUT2D eigenvalue weighted by molar-refractivity contribution is 5.25. The van der Waals surface area contributed by atoms with Crippen molar-refractivity contribution >= 4 is 5.69 Å². The Hall–Kier alpha value is -1.73. The van der Waals surface area contributed by atoms with Gasteiger partial charge in [-0.3, -0.25) is 19.5 Å². The van der Waals surface area contributed by atoms with Gasteiger partial charge >= 0.3 is 0 Å². The van der Waals surface area contributed by atoms with Crippen molar-refractivity contribution in [1.82, 2.24) is 4.57 Å². The Morgan fingerprint density at radius 1 is 1.44 bits per heavy atom. The van der Waals surface area contributed by atoms with Gasteiger partial charge in [0.1, 0.15) is 0 Å². The van der Waals surface area contributed by atoms with Crippen LogP contribution in [0, 0.1) is 10.1 Å². The molecule has 0 radical (unpaired) electrons. The first-order valence-electron chi connectivity index (χ1n) is 4.54. The van der Waals surface area contributed by atoms with Crippen LogP contribution in [0.15, 0.2) is 23.1 Å². The molecule has 0 aromatic carbocycles. The molecule has 0 bridgehead atoms. The lowest BCUT2D eigenvalue weighted by atomic mass is 10.1. The first-order chi connectivity index (χ1) is 7.44. The van der Waals surface area contributed by atoms with Crippen LogP contribution in [0.25, 0.3) is 0 Å². The van der Waals surface area contributed by atoms with Crippen molar-refractivity contribution < 1.29 is 15.1 Å². The van der Waals surface area contributed by atoms with Gasteiger partial charge in [-0.1, -0.05) is 0 Å². The summed E-state index contributed by atoms with van der Waals surface area (Å²) in [6, 6.07) is 2.11. The van der Waals surface area contributed by atoms with E-state index in [0.717, 1.165) is 22.9 Å². The zero-order valence-electron chi connectivity index (χ0n) is 8.66. The number of aliphatic hydroxyl groups excluding tert-OH is 2. The van der Waals surface area contributed by atoms with E-state index in [1.54, 1.807) is 0 Å². The SMILES string of the molecule is CC(CO)(CO)n1cc([N+](=O)[O-])ccc1=O. The molecular formula is C9H12N2O5. The summed E-state index contributed by atoms with van der Waals surface area (Å²) in [5.74, 6) is 0. The molecule has 1 rings (SSSR count). The van der Waals surface area contributed by atoms with E-state index in [9.17, 15) is 14.9 Å². The number of rotatable bonds is 4. The molecule has 1 aromatic rings. The number of hydrogen-bond donors (Lipinski definition) is 2. The Balaban J connectivity index is 3.37. The Labute approximate surface area is 90.7 Å². The Morgan fingerprint density at radius 2 is 2.00 bits per heavy atom. The highest BCUT2D eigenvalue weighted by Crippen LogP contribution is 2.15. The van der Waals surface area contributed by atoms with E-state index >= 15 is 0 Å². The van der Waals surface area contributed by atoms with Crippen LogP contribution in [-0.2, 0) is 5.54 Å². The fourth-order valence-electron chi connectivity index (χ4n) is 1.21. The molecule has 0 aliphatic rings. The summed E-state index contributed by atoms with van der Waals surface area (Å²) in [7, 11) is 0. The number of aliphatic hydroxyl groups is 2. The van der Waals surface area contributed by atoms with E-state index in [-0.39, 0.29) is 5.69 Å². The second-order valence-corrected chi connectivity index (χ2v) is 3.67. The zero-order valence-corrected chi connectivity index (χ0v) is 8.66. The van der Waals surface area contributed by atoms with E-state index in [1.165, 1.54) is 6.92 Å². The monoisotopic (exact) mass is 228 g/mol. The number of nitro groups is 1. The highest BCUT2D eigenvalue weighted by Gasteiger charge is 2.27. The third-order valence-electron chi connectivity index (χ3n) is 2.37. The second-order valence-electron chi connectivity index (χ2n) is 3.67. The van der Waals surface area contributed by atoms with Gasteiger partial charge < -0.3 is 10.2 Å². The second kappa shape index (κ2) is 4.42. The van der Waals surface area contributed by atoms with E-state index in [2.05, 4.69) is 0 Å². The summed E-state index contributed by atoms with van der Waals surface area (Å²) in [5.41, 5.74) is -2.03. The van der Waals surface area contributed by atoms with Crippen LogP contribution in [0.3, 0.4) is 0 Å². The molecule has 7 nitrogen and oxygen atoms in total. The van der Waals surface area contributed by atoms with Gasteiger partial charge in [0.2, 0.25) is 0 Å². The van der Waals surface area contributed by atoms with Gasteiger partial charge in [0.25, 0.3) is 11.2 Å². The summed E-state index contributed by atoms with van der Waals surface area (Å²) >= 11 is 0. The summed E-state index contributed by atoms with van der Waals surface area (Å²) in [6.07, 6.45) is 1.01. The lowest BCUT2D eigenvalue weighted by molar-refractivity contribution is -0.385. The topological polar surface area (TPSA) is 106 Å². The predicted octanol–water partition coefficient (Wildman–Crippen LogP) is -0.544. The van der Waals surface area contributed by atoms with Crippen molar-refractivity contribution in [3.63, 3.8) is 0 Å². The van der Waals surface area contributed by atoms with Crippen LogP contribution < -0.4 is 5.56 Å². The highest BCUT2D eigenvalue weighted by atomic mass is 16.6. The molecule has 16 heavy (non-hydrogen) atoms. The smallest absolute Gasteiger partial charge is 0.285 e. The number of aromatic nitrogens is 1. The molecule has 88 valence electrons. The average molecular weight is 228 g/mol. The molecule has 1 aromatic heterocycles. The van der Waals surface area contributed by atoms with Crippen molar-refractivity contribution in [2.24, 2.45) is 0 Å². The first kappa shape index (κ1) is 12.3. The van der Waals surface area contributed by atoms with Crippen molar-refractivity contribution in [3.05, 3.63) is 38.8 Å². The Kier molecular flexibility index (Phi) is 3.41. The number of hydrogen-bond acceptors (Lipinski definition) is 5. The first-order valence-corrected chi connectivity index (χ1v) is 4.54. The predicted molar refractivity (Wildman–Crippen MR) is 55.2 cm³/mol. The van der Waals surface area contributed by atoms with Crippen LogP contribution in [0.2, 0.25) is 0 Å². The molecule has 0 atom stereocenters. The normalized spacial score (nSPS) is 11.4. The fraction of sp³-hybridized carbons (Fsp3) is 0.444. The van der Waals surface area contributed by atoms with E-state index in [4.69, 9.17) is 10.2 Å². The third kappa shape index (κ3) is 2.10. The zero-order chi connectivity index (χ0) is 12.3. The maximum absolute atomic E-state index is 11.5. The van der Waals surface area contributed by atoms with E-state index in [0.29, 0.717) is 0 Å². The Morgan fingerprint density at radius 3 is 2.44 bits per heavy atom. The molecular weight excluding hydrogens is 216 g/mol. The van der Waals surface area contributed by atoms with Gasteiger partial charge in [-0.05, 0) is 6.92 Å². The summed E-state index contributed by atoms with van der Waals surface area (Å²) < 4.78 is 0.963. The van der Waals surface area contributed by atoms with Gasteiger partial charge in [-0.15, -0.1) is 0 Å². The molecule has 0 aliphatic heterocycles. The minimum Gasteiger partial charge on any atom is -0.394 e. The van der Waals surface area contributed by atoms with Crippen molar-refractivity contribution in [1.29, 1.82) is 0 Å². The van der Waals surface area contributed by atoms with Crippen molar-refractivity contribution in [3.8, 4) is 0 Å². The van der Waals surface area contributed by atoms with Gasteiger partial charge in [-0.25, -0.2) is 0 Å². The molecule has 2 N–H and O–H groups in total. The molecule has 0 amide bonds. The largest absolute Gasteiger partial charge is 0.394 e. The van der Waals surface area contributed by atoms with Crippen LogP contribution in [0.1, 0.15) is 6.92 Å². The van der Waals surface area contributed by atoms with Gasteiger partial charge in [0.05, 0.1) is 29.9 Å². The van der Waals surface area contributed by atoms with Gasteiger partial charge in [0.15, 0.2) is 0 Å². The number of nitrogens with zero attached hydrogens (tertiary/aromatic N) is 2. The molecule has 0 saturated heterocycles. The standard InChI is InChI=1S/C9H12N2O5/c1-9(5-12,6-13)10-4-7(11(15)16)2-3-8(10)14/h2-4,12-13H,5-6H2,1H3. The summed E-state index contributed by atoms with van der Waals surface area (Å²) in [4.78, 5) is 21.4. The maximum atomic E-state index is 11.5. The van der Waals surface area contributed by atoms with Gasteiger partial charge in [-0.2, -0.15) is 0 Å². The minimum atomic E-state index is -1.25. The molecule has 0 fully saturated rings. The summed E-state index contributed by atoms with van der Waals surface area (Å²) in [5, 5.41) is 28.7. The molecule has 0 saturated carbocycles. The van der Waals surface area contributed by atoms with Crippen molar-refractivity contribution in [2.45, 2.75) is 12.5 Å². The van der Waals surface area contributed by atoms with Gasteiger partial charge in [0, 0.05) is 12.1 Å². The van der Waals surface area contributed by atoms with Crippen LogP contribution in [-0.4, -0.2) is 32.9 Å². The lowest BCUT2D eigenvalue weighted by Gasteiger charge is -2.26. The van der Waals surface area contributed by atoms with Crippen LogP contribution >= 0.6 is 0 Å².